The number of anilines is 1. The van der Waals surface area contributed by atoms with Crippen molar-refractivity contribution < 1.29 is 9.59 Å². The van der Waals surface area contributed by atoms with E-state index in [0.29, 0.717) is 10.9 Å². The van der Waals surface area contributed by atoms with Crippen LogP contribution in [-0.4, -0.2) is 23.3 Å². The molecule has 0 saturated carbocycles. The van der Waals surface area contributed by atoms with Crippen LogP contribution in [0.4, 0.5) is 5.69 Å². The molecule has 2 amide bonds. The molecule has 0 radical (unpaired) electrons. The zero-order valence-electron chi connectivity index (χ0n) is 14.7. The number of fused-ring (bicyclic) bond motifs is 2. The van der Waals surface area contributed by atoms with Gasteiger partial charge in [0.15, 0.2) is 0 Å². The second-order valence-corrected chi connectivity index (χ2v) is 6.64. The smallest absolute Gasteiger partial charge is 0.257 e. The number of carbonyl (C=O) groups is 2. The Bertz CT molecular complexity index is 1100. The summed E-state index contributed by atoms with van der Waals surface area (Å²) < 4.78 is 0. The van der Waals surface area contributed by atoms with E-state index in [1.54, 1.807) is 24.3 Å². The first-order chi connectivity index (χ1) is 13.1. The maximum atomic E-state index is 12.4. The number of hydrogen-bond donors (Lipinski definition) is 3. The van der Waals surface area contributed by atoms with Crippen molar-refractivity contribution >= 4 is 28.4 Å². The topological polar surface area (TPSA) is 91.1 Å². The predicted molar refractivity (Wildman–Crippen MR) is 104 cm³/mol. The fourth-order valence-electron chi connectivity index (χ4n) is 3.45. The molecule has 0 bridgehead atoms. The Morgan fingerprint density at radius 1 is 1.04 bits per heavy atom. The van der Waals surface area contributed by atoms with E-state index in [2.05, 4.69) is 15.6 Å². The van der Waals surface area contributed by atoms with Gasteiger partial charge in [-0.15, -0.1) is 0 Å². The molecule has 0 fully saturated rings. The zero-order valence-corrected chi connectivity index (χ0v) is 14.7. The summed E-state index contributed by atoms with van der Waals surface area (Å²) in [7, 11) is 0. The molecule has 0 spiro atoms. The molecule has 6 nitrogen and oxygen atoms in total. The first kappa shape index (κ1) is 17.0. The van der Waals surface area contributed by atoms with Crippen molar-refractivity contribution in [1.29, 1.82) is 0 Å². The largest absolute Gasteiger partial charge is 0.360 e. The van der Waals surface area contributed by atoms with Crippen LogP contribution in [-0.2, 0) is 17.6 Å². The molecule has 0 saturated heterocycles. The van der Waals surface area contributed by atoms with Gasteiger partial charge in [-0.2, -0.15) is 0 Å². The van der Waals surface area contributed by atoms with Crippen LogP contribution in [0.15, 0.2) is 53.5 Å². The molecule has 136 valence electrons. The van der Waals surface area contributed by atoms with Crippen LogP contribution >= 0.6 is 0 Å². The minimum absolute atomic E-state index is 0.0148. The molecule has 1 aliphatic carbocycles. The first-order valence-corrected chi connectivity index (χ1v) is 8.92. The van der Waals surface area contributed by atoms with Crippen molar-refractivity contribution in [2.24, 2.45) is 0 Å². The number of aromatic nitrogens is 1. The van der Waals surface area contributed by atoms with Gasteiger partial charge in [-0.25, -0.2) is 0 Å². The number of amides is 2. The molecule has 2 aromatic carbocycles. The van der Waals surface area contributed by atoms with Crippen LogP contribution in [0.5, 0.6) is 0 Å². The lowest BCUT2D eigenvalue weighted by Gasteiger charge is -2.09. The van der Waals surface area contributed by atoms with Crippen molar-refractivity contribution in [1.82, 2.24) is 10.3 Å². The lowest BCUT2D eigenvalue weighted by molar-refractivity contribution is -0.115. The Hall–Kier alpha value is -3.41. The Kier molecular flexibility index (Phi) is 4.46. The summed E-state index contributed by atoms with van der Waals surface area (Å²) in [5, 5.41) is 5.73. The lowest BCUT2D eigenvalue weighted by Crippen LogP contribution is -2.35. The number of carbonyl (C=O) groups excluding carboxylic acids is 2. The average Bonchev–Trinajstić information content (AvgIpc) is 3.14. The van der Waals surface area contributed by atoms with Gasteiger partial charge in [-0.05, 0) is 54.7 Å². The standard InChI is InChI=1S/C21H19N3O3/c25-19(24-15-9-8-13-4-3-5-14(13)10-15)12-23-21(27)17-11-22-18-7-2-1-6-16(18)20(17)26/h1-2,6-11H,3-5,12H2,(H,22,26)(H,23,27)(H,24,25). The summed E-state index contributed by atoms with van der Waals surface area (Å²) in [5.74, 6) is -0.912. The number of rotatable bonds is 4. The lowest BCUT2D eigenvalue weighted by atomic mass is 10.1. The van der Waals surface area contributed by atoms with Crippen molar-refractivity contribution in [2.45, 2.75) is 19.3 Å². The Balaban J connectivity index is 1.41. The molecule has 4 rings (SSSR count). The summed E-state index contributed by atoms with van der Waals surface area (Å²) in [6.07, 6.45) is 4.63. The van der Waals surface area contributed by atoms with E-state index in [0.717, 1.165) is 24.9 Å². The second-order valence-electron chi connectivity index (χ2n) is 6.64. The van der Waals surface area contributed by atoms with Crippen LogP contribution in [0.2, 0.25) is 0 Å². The normalized spacial score (nSPS) is 12.6. The quantitative estimate of drug-likeness (QED) is 0.666. The average molecular weight is 361 g/mol. The Morgan fingerprint density at radius 2 is 1.85 bits per heavy atom. The van der Waals surface area contributed by atoms with Crippen LogP contribution in [0, 0.1) is 0 Å². The van der Waals surface area contributed by atoms with Gasteiger partial charge >= 0.3 is 0 Å². The minimum atomic E-state index is -0.578. The van der Waals surface area contributed by atoms with Gasteiger partial charge in [0.25, 0.3) is 5.91 Å². The minimum Gasteiger partial charge on any atom is -0.360 e. The number of pyridine rings is 1. The van der Waals surface area contributed by atoms with Gasteiger partial charge in [0.2, 0.25) is 11.3 Å². The summed E-state index contributed by atoms with van der Waals surface area (Å²) in [4.78, 5) is 39.8. The highest BCUT2D eigenvalue weighted by Crippen LogP contribution is 2.24. The molecule has 6 heteroatoms. The maximum absolute atomic E-state index is 12.4. The van der Waals surface area contributed by atoms with Crippen LogP contribution in [0.1, 0.15) is 27.9 Å². The van der Waals surface area contributed by atoms with Crippen LogP contribution in [0.25, 0.3) is 10.9 Å². The van der Waals surface area contributed by atoms with E-state index in [-0.39, 0.29) is 23.4 Å². The van der Waals surface area contributed by atoms with E-state index in [9.17, 15) is 14.4 Å². The third kappa shape index (κ3) is 3.46. The van der Waals surface area contributed by atoms with Crippen LogP contribution in [0.3, 0.4) is 0 Å². The summed E-state index contributed by atoms with van der Waals surface area (Å²) in [5.41, 5.74) is 3.60. The molecule has 0 atom stereocenters. The van der Waals surface area contributed by atoms with Gasteiger partial charge < -0.3 is 15.6 Å². The molecule has 0 aliphatic heterocycles. The molecule has 3 N–H and O–H groups in total. The highest BCUT2D eigenvalue weighted by atomic mass is 16.2. The first-order valence-electron chi connectivity index (χ1n) is 8.92. The second kappa shape index (κ2) is 7.07. The number of benzene rings is 2. The zero-order chi connectivity index (χ0) is 18.8. The summed E-state index contributed by atoms with van der Waals surface area (Å²) >= 11 is 0. The molecule has 0 unspecified atom stereocenters. The third-order valence-corrected chi connectivity index (χ3v) is 4.82. The van der Waals surface area contributed by atoms with E-state index >= 15 is 0 Å². The van der Waals surface area contributed by atoms with Gasteiger partial charge in [-0.3, -0.25) is 14.4 Å². The number of aryl methyl sites for hydroxylation is 2. The number of para-hydroxylation sites is 1. The third-order valence-electron chi connectivity index (χ3n) is 4.82. The molecule has 1 heterocycles. The van der Waals surface area contributed by atoms with Crippen molar-refractivity contribution in [3.8, 4) is 0 Å². The predicted octanol–water partition coefficient (Wildman–Crippen LogP) is 2.39. The molecule has 3 aromatic rings. The van der Waals surface area contributed by atoms with Gasteiger partial charge in [0, 0.05) is 22.8 Å². The highest BCUT2D eigenvalue weighted by molar-refractivity contribution is 6.00. The van der Waals surface area contributed by atoms with Gasteiger partial charge in [0.05, 0.1) is 6.54 Å². The number of nitrogens with one attached hydrogen (secondary N) is 3. The van der Waals surface area contributed by atoms with Crippen LogP contribution < -0.4 is 16.1 Å². The van der Waals surface area contributed by atoms with E-state index in [1.165, 1.54) is 17.3 Å². The van der Waals surface area contributed by atoms with E-state index in [1.807, 2.05) is 18.2 Å². The molecule has 1 aliphatic rings. The van der Waals surface area contributed by atoms with E-state index in [4.69, 9.17) is 0 Å². The van der Waals surface area contributed by atoms with Crippen molar-refractivity contribution in [3.63, 3.8) is 0 Å². The maximum Gasteiger partial charge on any atom is 0.257 e. The number of hydrogen-bond acceptors (Lipinski definition) is 3. The number of H-pyrrole nitrogens is 1. The fraction of sp³-hybridized carbons (Fsp3) is 0.190. The van der Waals surface area contributed by atoms with E-state index < -0.39 is 5.91 Å². The number of aromatic amines is 1. The van der Waals surface area contributed by atoms with Crippen molar-refractivity contribution in [2.75, 3.05) is 11.9 Å². The molecule has 27 heavy (non-hydrogen) atoms. The molecular weight excluding hydrogens is 342 g/mol. The van der Waals surface area contributed by atoms with Gasteiger partial charge in [0.1, 0.15) is 5.56 Å². The van der Waals surface area contributed by atoms with Crippen molar-refractivity contribution in [3.05, 3.63) is 75.6 Å². The molecule has 1 aromatic heterocycles. The monoisotopic (exact) mass is 361 g/mol. The SMILES string of the molecule is O=C(CNC(=O)c1c[nH]c2ccccc2c1=O)Nc1ccc2c(c1)CCC2. The molecular formula is C21H19N3O3. The Morgan fingerprint density at radius 3 is 2.74 bits per heavy atom. The summed E-state index contributed by atoms with van der Waals surface area (Å²) in [6, 6.07) is 12.9. The van der Waals surface area contributed by atoms with Gasteiger partial charge in [-0.1, -0.05) is 18.2 Å². The summed E-state index contributed by atoms with van der Waals surface area (Å²) in [6.45, 7) is -0.206. The fourth-order valence-corrected chi connectivity index (χ4v) is 3.45. The highest BCUT2D eigenvalue weighted by Gasteiger charge is 2.15. The Labute approximate surface area is 155 Å².